The Balaban J connectivity index is 1.99. The van der Waals surface area contributed by atoms with Crippen molar-refractivity contribution in [3.8, 4) is 0 Å². The maximum atomic E-state index is 13.1. The predicted octanol–water partition coefficient (Wildman–Crippen LogP) is 4.64. The lowest BCUT2D eigenvalue weighted by molar-refractivity contribution is -0.376. The second-order valence-electron chi connectivity index (χ2n) is 7.29. The number of nitrogens with one attached hydrogen (secondary N) is 1. The zero-order chi connectivity index (χ0) is 20.8. The van der Waals surface area contributed by atoms with Gasteiger partial charge >= 0.3 is 12.4 Å². The molecule has 0 saturated carbocycles. The fourth-order valence-electron chi connectivity index (χ4n) is 3.88. The highest BCUT2D eigenvalue weighted by atomic mass is 19.4. The van der Waals surface area contributed by atoms with Crippen LogP contribution in [-0.4, -0.2) is 30.5 Å². The second-order valence-corrected chi connectivity index (χ2v) is 7.29. The van der Waals surface area contributed by atoms with E-state index in [0.29, 0.717) is 30.8 Å². The summed E-state index contributed by atoms with van der Waals surface area (Å²) in [6, 6.07) is 13.4. The molecule has 2 nitrogen and oxygen atoms in total. The molecule has 3 rings (SSSR count). The largest absolute Gasteiger partial charge is 0.430 e. The topological polar surface area (TPSA) is 32.3 Å². The average molecular weight is 403 g/mol. The predicted molar refractivity (Wildman–Crippen MR) is 91.9 cm³/mol. The van der Waals surface area contributed by atoms with E-state index >= 15 is 0 Å². The van der Waals surface area contributed by atoms with Crippen molar-refractivity contribution in [2.75, 3.05) is 13.1 Å². The molecule has 2 N–H and O–H groups in total. The van der Waals surface area contributed by atoms with Crippen LogP contribution in [-0.2, 0) is 11.0 Å². The minimum absolute atomic E-state index is 0.145. The van der Waals surface area contributed by atoms with Crippen molar-refractivity contribution in [1.29, 1.82) is 0 Å². The number of benzene rings is 2. The van der Waals surface area contributed by atoms with Gasteiger partial charge in [-0.25, -0.2) is 0 Å². The van der Waals surface area contributed by atoms with Crippen molar-refractivity contribution in [1.82, 2.24) is 5.32 Å². The molecule has 0 amide bonds. The molecule has 0 radical (unpaired) electrons. The van der Waals surface area contributed by atoms with Crippen LogP contribution < -0.4 is 5.32 Å². The third-order valence-corrected chi connectivity index (χ3v) is 5.59. The van der Waals surface area contributed by atoms with Gasteiger partial charge in [0.2, 0.25) is 0 Å². The Morgan fingerprint density at radius 2 is 1.43 bits per heavy atom. The van der Waals surface area contributed by atoms with E-state index in [9.17, 15) is 31.4 Å². The standard InChI is InChI=1S/C20H19F6NO/c1-17(14-5-3-2-4-6-14)12-27-11-16(17)13-7-9-15(10-8-13)18(28,19(21,22)23)20(24,25)26/h2-10,16,27-28H,11-12H2,1H3/t16-,17+/m0/s1. The number of halogens is 6. The maximum absolute atomic E-state index is 13.1. The molecule has 2 atom stereocenters. The summed E-state index contributed by atoms with van der Waals surface area (Å²) in [5.41, 5.74) is -4.89. The van der Waals surface area contributed by atoms with Gasteiger partial charge in [0, 0.05) is 30.0 Å². The molecule has 0 bridgehead atoms. The molecule has 0 aromatic heterocycles. The molecular weight excluding hydrogens is 384 g/mol. The van der Waals surface area contributed by atoms with E-state index in [4.69, 9.17) is 0 Å². The molecule has 1 aliphatic rings. The lowest BCUT2D eigenvalue weighted by Crippen LogP contribution is -2.53. The zero-order valence-corrected chi connectivity index (χ0v) is 14.9. The van der Waals surface area contributed by atoms with Gasteiger partial charge in [0.15, 0.2) is 0 Å². The van der Waals surface area contributed by atoms with Crippen molar-refractivity contribution >= 4 is 0 Å². The Morgan fingerprint density at radius 3 is 1.93 bits per heavy atom. The van der Waals surface area contributed by atoms with Crippen molar-refractivity contribution < 1.29 is 31.4 Å². The molecule has 0 spiro atoms. The summed E-state index contributed by atoms with van der Waals surface area (Å²) in [6.07, 6.45) is -11.8. The van der Waals surface area contributed by atoms with Crippen molar-refractivity contribution in [2.24, 2.45) is 0 Å². The SMILES string of the molecule is C[C@]1(c2ccccc2)CNC[C@H]1c1ccc(C(O)(C(F)(F)F)C(F)(F)F)cc1. The van der Waals surface area contributed by atoms with E-state index in [0.717, 1.165) is 5.56 Å². The number of hydrogen-bond acceptors (Lipinski definition) is 2. The maximum Gasteiger partial charge on any atom is 0.430 e. The first kappa shape index (κ1) is 20.7. The minimum Gasteiger partial charge on any atom is -0.369 e. The average Bonchev–Trinajstić information content (AvgIpc) is 3.03. The summed E-state index contributed by atoms with van der Waals surface area (Å²) >= 11 is 0. The van der Waals surface area contributed by atoms with Crippen LogP contribution in [0, 0.1) is 0 Å². The van der Waals surface area contributed by atoms with Gasteiger partial charge < -0.3 is 10.4 Å². The van der Waals surface area contributed by atoms with E-state index in [1.54, 1.807) is 0 Å². The Hall–Kier alpha value is -2.06. The van der Waals surface area contributed by atoms with Gasteiger partial charge in [0.1, 0.15) is 0 Å². The second kappa shape index (κ2) is 6.77. The van der Waals surface area contributed by atoms with Crippen LogP contribution in [0.15, 0.2) is 54.6 Å². The first-order valence-electron chi connectivity index (χ1n) is 8.64. The quantitative estimate of drug-likeness (QED) is 0.732. The summed E-state index contributed by atoms with van der Waals surface area (Å²) in [7, 11) is 0. The monoisotopic (exact) mass is 403 g/mol. The van der Waals surface area contributed by atoms with E-state index in [1.807, 2.05) is 37.3 Å². The third-order valence-electron chi connectivity index (χ3n) is 5.59. The fraction of sp³-hybridized carbons (Fsp3) is 0.400. The van der Waals surface area contributed by atoms with Gasteiger partial charge in [-0.2, -0.15) is 26.3 Å². The van der Waals surface area contributed by atoms with Gasteiger partial charge in [-0.1, -0.05) is 61.5 Å². The van der Waals surface area contributed by atoms with Gasteiger partial charge in [-0.05, 0) is 11.1 Å². The molecule has 28 heavy (non-hydrogen) atoms. The van der Waals surface area contributed by atoms with Crippen molar-refractivity contribution in [3.05, 3.63) is 71.3 Å². The normalized spacial score (nSPS) is 23.8. The van der Waals surface area contributed by atoms with Crippen LogP contribution in [0.2, 0.25) is 0 Å². The first-order chi connectivity index (χ1) is 12.9. The Labute approximate surface area is 158 Å². The third kappa shape index (κ3) is 3.18. The molecule has 0 unspecified atom stereocenters. The Bertz CT molecular complexity index is 801. The molecular formula is C20H19F6NO. The van der Waals surface area contributed by atoms with Crippen LogP contribution in [0.3, 0.4) is 0 Å². The lowest BCUT2D eigenvalue weighted by Gasteiger charge is -2.34. The fourth-order valence-corrected chi connectivity index (χ4v) is 3.88. The Morgan fingerprint density at radius 1 is 0.893 bits per heavy atom. The van der Waals surface area contributed by atoms with Crippen LogP contribution in [0.5, 0.6) is 0 Å². The molecule has 1 aliphatic heterocycles. The highest BCUT2D eigenvalue weighted by Gasteiger charge is 2.71. The number of aliphatic hydroxyl groups is 1. The van der Waals surface area contributed by atoms with Crippen LogP contribution >= 0.6 is 0 Å². The highest BCUT2D eigenvalue weighted by Crippen LogP contribution is 2.50. The van der Waals surface area contributed by atoms with Crippen LogP contribution in [0.1, 0.15) is 29.5 Å². The van der Waals surface area contributed by atoms with Crippen molar-refractivity contribution in [3.63, 3.8) is 0 Å². The molecule has 0 aliphatic carbocycles. The van der Waals surface area contributed by atoms with Gasteiger partial charge in [0.05, 0.1) is 0 Å². The summed E-state index contributed by atoms with van der Waals surface area (Å²) in [5.74, 6) is -0.145. The summed E-state index contributed by atoms with van der Waals surface area (Å²) in [6.45, 7) is 3.16. The molecule has 1 heterocycles. The molecule has 2 aromatic rings. The highest BCUT2D eigenvalue weighted by molar-refractivity contribution is 5.38. The van der Waals surface area contributed by atoms with Gasteiger partial charge in [-0.3, -0.25) is 0 Å². The zero-order valence-electron chi connectivity index (χ0n) is 14.9. The number of hydrogen-bond donors (Lipinski definition) is 2. The minimum atomic E-state index is -5.89. The van der Waals surface area contributed by atoms with E-state index < -0.39 is 23.5 Å². The molecule has 2 aromatic carbocycles. The van der Waals surface area contributed by atoms with Gasteiger partial charge in [0.25, 0.3) is 5.60 Å². The molecule has 8 heteroatoms. The summed E-state index contributed by atoms with van der Waals surface area (Å²) in [5, 5.41) is 12.8. The Kier molecular flexibility index (Phi) is 5.00. The summed E-state index contributed by atoms with van der Waals surface area (Å²) < 4.78 is 78.3. The number of alkyl halides is 6. The smallest absolute Gasteiger partial charge is 0.369 e. The number of rotatable bonds is 3. The van der Waals surface area contributed by atoms with E-state index in [-0.39, 0.29) is 11.3 Å². The van der Waals surface area contributed by atoms with E-state index in [2.05, 4.69) is 5.32 Å². The molecule has 1 saturated heterocycles. The van der Waals surface area contributed by atoms with Gasteiger partial charge in [-0.15, -0.1) is 0 Å². The first-order valence-corrected chi connectivity index (χ1v) is 8.64. The van der Waals surface area contributed by atoms with Crippen LogP contribution in [0.4, 0.5) is 26.3 Å². The molecule has 152 valence electrons. The molecule has 1 fully saturated rings. The van der Waals surface area contributed by atoms with E-state index in [1.165, 1.54) is 12.1 Å². The lowest BCUT2D eigenvalue weighted by atomic mass is 9.71. The summed E-state index contributed by atoms with van der Waals surface area (Å²) in [4.78, 5) is 0. The van der Waals surface area contributed by atoms with Crippen LogP contribution in [0.25, 0.3) is 0 Å². The van der Waals surface area contributed by atoms with Crippen molar-refractivity contribution in [2.45, 2.75) is 36.2 Å².